The molecule has 1 fully saturated rings. The van der Waals surface area contributed by atoms with Gasteiger partial charge in [0.25, 0.3) is 5.91 Å². The van der Waals surface area contributed by atoms with Crippen molar-refractivity contribution in [1.29, 1.82) is 0 Å². The van der Waals surface area contributed by atoms with Crippen molar-refractivity contribution in [3.63, 3.8) is 0 Å². The number of nitrogens with zero attached hydrogens (tertiary/aromatic N) is 1. The van der Waals surface area contributed by atoms with Gasteiger partial charge in [0.15, 0.2) is 5.11 Å². The Kier molecular flexibility index (Phi) is 3.43. The maximum atomic E-state index is 11.5. The second-order valence-electron chi connectivity index (χ2n) is 3.62. The Labute approximate surface area is 113 Å². The summed E-state index contributed by atoms with van der Waals surface area (Å²) in [5.74, 6) is -0.300. The average molecular weight is 279 g/mol. The molecule has 98 valence electrons. The zero-order valence-electron chi connectivity index (χ0n) is 9.80. The van der Waals surface area contributed by atoms with E-state index in [1.807, 2.05) is 0 Å². The van der Waals surface area contributed by atoms with Gasteiger partial charge in [-0.1, -0.05) is 12.1 Å². The Bertz CT molecular complexity index is 612. The number of rotatable bonds is 3. The molecule has 1 aromatic carbocycles. The predicted octanol–water partition coefficient (Wildman–Crippen LogP) is 0.949. The highest BCUT2D eigenvalue weighted by atomic mass is 32.1. The van der Waals surface area contributed by atoms with Gasteiger partial charge >= 0.3 is 5.69 Å². The van der Waals surface area contributed by atoms with Crippen molar-refractivity contribution in [3.8, 4) is 5.75 Å². The molecular formula is C11H9N3O4S. The van der Waals surface area contributed by atoms with Crippen molar-refractivity contribution >= 4 is 35.0 Å². The molecule has 1 aliphatic rings. The van der Waals surface area contributed by atoms with Crippen LogP contribution in [0.4, 0.5) is 5.69 Å². The lowest BCUT2D eigenvalue weighted by Gasteiger charge is -2.05. The first-order valence-corrected chi connectivity index (χ1v) is 5.59. The number of hydrogen-bond acceptors (Lipinski definition) is 5. The first kappa shape index (κ1) is 13.0. The third-order valence-corrected chi connectivity index (χ3v) is 2.65. The van der Waals surface area contributed by atoms with Crippen LogP contribution in [0.2, 0.25) is 0 Å². The number of ether oxygens (including phenoxy) is 1. The Balaban J connectivity index is 2.49. The Morgan fingerprint density at radius 1 is 1.42 bits per heavy atom. The van der Waals surface area contributed by atoms with Gasteiger partial charge in [-0.15, -0.1) is 0 Å². The van der Waals surface area contributed by atoms with Crippen LogP contribution in [0.5, 0.6) is 5.75 Å². The minimum atomic E-state index is -0.548. The van der Waals surface area contributed by atoms with Crippen LogP contribution in [-0.4, -0.2) is 23.1 Å². The molecule has 0 saturated carbocycles. The normalized spacial score (nSPS) is 16.2. The maximum Gasteiger partial charge on any atom is 0.311 e. The number of nitro benzene ring substituents is 1. The summed E-state index contributed by atoms with van der Waals surface area (Å²) in [6.07, 6.45) is 1.44. The number of hydrogen-bond donors (Lipinski definition) is 2. The van der Waals surface area contributed by atoms with Crippen molar-refractivity contribution in [1.82, 2.24) is 10.6 Å². The number of nitrogens with one attached hydrogen (secondary N) is 2. The van der Waals surface area contributed by atoms with E-state index in [1.54, 1.807) is 6.07 Å². The smallest absolute Gasteiger partial charge is 0.311 e. The Morgan fingerprint density at radius 3 is 2.68 bits per heavy atom. The second kappa shape index (κ2) is 5.02. The largest absolute Gasteiger partial charge is 0.490 e. The fourth-order valence-corrected chi connectivity index (χ4v) is 1.86. The van der Waals surface area contributed by atoms with Gasteiger partial charge in [-0.2, -0.15) is 0 Å². The summed E-state index contributed by atoms with van der Waals surface area (Å²) in [5, 5.41) is 16.1. The monoisotopic (exact) mass is 279 g/mol. The van der Waals surface area contributed by atoms with Crippen molar-refractivity contribution < 1.29 is 14.5 Å². The van der Waals surface area contributed by atoms with E-state index in [0.717, 1.165) is 0 Å². The molecule has 0 radical (unpaired) electrons. The molecule has 7 nitrogen and oxygen atoms in total. The molecule has 2 rings (SSSR count). The molecule has 19 heavy (non-hydrogen) atoms. The molecule has 0 spiro atoms. The standard InChI is InChI=1S/C11H9N3O4S/c1-18-9-6(3-2-4-8(9)14(16)17)5-7-10(15)13-11(19)12-7/h2-5H,1H3,(H2,12,13,15,19). The van der Waals surface area contributed by atoms with E-state index in [4.69, 9.17) is 17.0 Å². The fourth-order valence-electron chi connectivity index (χ4n) is 1.66. The molecule has 1 heterocycles. The van der Waals surface area contributed by atoms with E-state index >= 15 is 0 Å². The van der Waals surface area contributed by atoms with Crippen LogP contribution in [0.15, 0.2) is 23.9 Å². The van der Waals surface area contributed by atoms with Crippen LogP contribution in [0, 0.1) is 10.1 Å². The molecule has 0 bridgehead atoms. The molecule has 1 amide bonds. The van der Waals surface area contributed by atoms with Crippen molar-refractivity contribution in [3.05, 3.63) is 39.6 Å². The Hall–Kier alpha value is -2.48. The molecular weight excluding hydrogens is 270 g/mol. The van der Waals surface area contributed by atoms with Gasteiger partial charge in [-0.3, -0.25) is 20.2 Å². The lowest BCUT2D eigenvalue weighted by atomic mass is 10.1. The molecule has 0 unspecified atom stereocenters. The maximum absolute atomic E-state index is 11.5. The molecule has 8 heteroatoms. The lowest BCUT2D eigenvalue weighted by Crippen LogP contribution is -2.21. The van der Waals surface area contributed by atoms with Gasteiger partial charge in [0.05, 0.1) is 12.0 Å². The average Bonchev–Trinajstić information content (AvgIpc) is 2.67. The number of methoxy groups -OCH3 is 1. The number of thiocarbonyl (C=S) groups is 1. The molecule has 2 N–H and O–H groups in total. The first-order chi connectivity index (χ1) is 9.02. The van der Waals surface area contributed by atoms with Crippen LogP contribution in [0.3, 0.4) is 0 Å². The summed E-state index contributed by atoms with van der Waals surface area (Å²) >= 11 is 4.79. The van der Waals surface area contributed by atoms with E-state index in [1.165, 1.54) is 25.3 Å². The highest BCUT2D eigenvalue weighted by Crippen LogP contribution is 2.31. The molecule has 0 aromatic heterocycles. The van der Waals surface area contributed by atoms with Crippen LogP contribution in [-0.2, 0) is 4.79 Å². The van der Waals surface area contributed by atoms with E-state index in [0.29, 0.717) is 5.56 Å². The number of benzene rings is 1. The predicted molar refractivity (Wildman–Crippen MR) is 71.5 cm³/mol. The summed E-state index contributed by atoms with van der Waals surface area (Å²) in [7, 11) is 1.33. The van der Waals surface area contributed by atoms with Crippen molar-refractivity contribution in [2.75, 3.05) is 7.11 Å². The number of para-hydroxylation sites is 1. The van der Waals surface area contributed by atoms with Gasteiger partial charge in [-0.25, -0.2) is 0 Å². The number of nitro groups is 1. The van der Waals surface area contributed by atoms with E-state index in [9.17, 15) is 14.9 Å². The molecule has 1 saturated heterocycles. The molecule has 0 atom stereocenters. The third kappa shape index (κ3) is 2.52. The second-order valence-corrected chi connectivity index (χ2v) is 4.03. The lowest BCUT2D eigenvalue weighted by molar-refractivity contribution is -0.385. The van der Waals surface area contributed by atoms with Crippen LogP contribution in [0.1, 0.15) is 5.56 Å². The highest BCUT2D eigenvalue weighted by molar-refractivity contribution is 7.80. The summed E-state index contributed by atoms with van der Waals surface area (Å²) < 4.78 is 5.03. The summed E-state index contributed by atoms with van der Waals surface area (Å²) in [5.41, 5.74) is 0.459. The fraction of sp³-hybridized carbons (Fsp3) is 0.0909. The van der Waals surface area contributed by atoms with Crippen LogP contribution in [0.25, 0.3) is 6.08 Å². The number of amides is 1. The van der Waals surface area contributed by atoms with Gasteiger partial charge in [0.1, 0.15) is 5.70 Å². The quantitative estimate of drug-likeness (QED) is 0.370. The third-order valence-electron chi connectivity index (χ3n) is 2.45. The number of carbonyl (C=O) groups excluding carboxylic acids is 1. The topological polar surface area (TPSA) is 93.5 Å². The minimum Gasteiger partial charge on any atom is -0.490 e. The van der Waals surface area contributed by atoms with Crippen LogP contribution >= 0.6 is 12.2 Å². The highest BCUT2D eigenvalue weighted by Gasteiger charge is 2.22. The molecule has 1 aromatic rings. The summed E-state index contributed by atoms with van der Waals surface area (Å²) in [6, 6.07) is 4.45. The number of carbonyl (C=O) groups is 1. The molecule has 0 aliphatic carbocycles. The van der Waals surface area contributed by atoms with E-state index in [-0.39, 0.29) is 22.2 Å². The molecule has 1 aliphatic heterocycles. The van der Waals surface area contributed by atoms with Gasteiger partial charge in [0.2, 0.25) is 5.75 Å². The van der Waals surface area contributed by atoms with Crippen LogP contribution < -0.4 is 15.4 Å². The Morgan fingerprint density at radius 2 is 2.16 bits per heavy atom. The minimum absolute atomic E-state index is 0.0902. The first-order valence-electron chi connectivity index (χ1n) is 5.18. The van der Waals surface area contributed by atoms with Gasteiger partial charge in [-0.05, 0) is 18.3 Å². The van der Waals surface area contributed by atoms with E-state index in [2.05, 4.69) is 10.6 Å². The van der Waals surface area contributed by atoms with Crippen molar-refractivity contribution in [2.45, 2.75) is 0 Å². The summed E-state index contributed by atoms with van der Waals surface area (Å²) in [4.78, 5) is 21.8. The van der Waals surface area contributed by atoms with Crippen molar-refractivity contribution in [2.24, 2.45) is 0 Å². The van der Waals surface area contributed by atoms with Gasteiger partial charge in [0, 0.05) is 11.6 Å². The van der Waals surface area contributed by atoms with Gasteiger partial charge < -0.3 is 10.1 Å². The van der Waals surface area contributed by atoms with E-state index < -0.39 is 10.8 Å². The SMILES string of the molecule is COc1c(C=C2NC(=S)NC2=O)cccc1[N+](=O)[O-]. The zero-order chi connectivity index (χ0) is 14.0. The zero-order valence-corrected chi connectivity index (χ0v) is 10.6. The summed E-state index contributed by atoms with van der Waals surface area (Å²) in [6.45, 7) is 0.